The molecule has 1 N–H and O–H groups in total. The van der Waals surface area contributed by atoms with Gasteiger partial charge < -0.3 is 10.2 Å². The van der Waals surface area contributed by atoms with Crippen molar-refractivity contribution in [2.75, 3.05) is 16.8 Å². The zero-order valence-electron chi connectivity index (χ0n) is 12.1. The third-order valence-electron chi connectivity index (χ3n) is 3.74. The van der Waals surface area contributed by atoms with Crippen molar-refractivity contribution in [3.8, 4) is 0 Å². The highest BCUT2D eigenvalue weighted by atomic mass is 79.9. The number of nitrogens with zero attached hydrogens (tertiary/aromatic N) is 3. The van der Waals surface area contributed by atoms with E-state index in [0.717, 1.165) is 33.7 Å². The quantitative estimate of drug-likeness (QED) is 0.927. The molecule has 0 saturated heterocycles. The maximum atomic E-state index is 12.3. The summed E-state index contributed by atoms with van der Waals surface area (Å²) < 4.78 is 2.84. The van der Waals surface area contributed by atoms with E-state index in [1.54, 1.807) is 0 Å². The summed E-state index contributed by atoms with van der Waals surface area (Å²) in [6.45, 7) is 2.91. The van der Waals surface area contributed by atoms with Crippen molar-refractivity contribution in [1.29, 1.82) is 0 Å². The van der Waals surface area contributed by atoms with Crippen LogP contribution in [0.15, 0.2) is 28.7 Å². The second-order valence-corrected chi connectivity index (χ2v) is 5.83. The number of benzene rings is 1. The molecule has 0 saturated carbocycles. The molecule has 0 radical (unpaired) electrons. The summed E-state index contributed by atoms with van der Waals surface area (Å²) in [4.78, 5) is 14.1. The number of rotatable bonds is 3. The second kappa shape index (κ2) is 5.52. The average molecular weight is 349 g/mol. The number of anilines is 2. The van der Waals surface area contributed by atoms with E-state index in [0.29, 0.717) is 13.1 Å². The highest BCUT2D eigenvalue weighted by Crippen LogP contribution is 2.32. The van der Waals surface area contributed by atoms with Crippen LogP contribution in [0.2, 0.25) is 0 Å². The van der Waals surface area contributed by atoms with Crippen molar-refractivity contribution in [2.24, 2.45) is 7.05 Å². The van der Waals surface area contributed by atoms with Crippen LogP contribution in [0.25, 0.3) is 0 Å². The van der Waals surface area contributed by atoms with Gasteiger partial charge in [0.2, 0.25) is 5.91 Å². The van der Waals surface area contributed by atoms with E-state index in [-0.39, 0.29) is 5.91 Å². The summed E-state index contributed by atoms with van der Waals surface area (Å²) in [6, 6.07) is 7.87. The minimum Gasteiger partial charge on any atom is -0.374 e. The maximum absolute atomic E-state index is 12.3. The lowest BCUT2D eigenvalue weighted by molar-refractivity contribution is -0.117. The lowest BCUT2D eigenvalue weighted by Gasteiger charge is -2.30. The van der Waals surface area contributed by atoms with Crippen LogP contribution in [0.3, 0.4) is 0 Å². The second-order valence-electron chi connectivity index (χ2n) is 5.04. The predicted octanol–water partition coefficient (Wildman–Crippen LogP) is 2.70. The molecule has 2 heterocycles. The van der Waals surface area contributed by atoms with Gasteiger partial charge in [0.1, 0.15) is 0 Å². The number of aryl methyl sites for hydroxylation is 2. The fourth-order valence-electron chi connectivity index (χ4n) is 2.57. The molecule has 3 rings (SSSR count). The van der Waals surface area contributed by atoms with Gasteiger partial charge in [0.05, 0.1) is 40.3 Å². The predicted molar refractivity (Wildman–Crippen MR) is 86.4 cm³/mol. The van der Waals surface area contributed by atoms with Gasteiger partial charge >= 0.3 is 0 Å². The molecular weight excluding hydrogens is 332 g/mol. The fraction of sp³-hybridized carbons (Fsp3) is 0.333. The SMILES string of the molecule is CCc1nn(C)c(CN2C(=O)CNc3ccccc32)c1Br. The molecule has 1 aliphatic heterocycles. The van der Waals surface area contributed by atoms with Gasteiger partial charge in [-0.3, -0.25) is 9.48 Å². The molecule has 5 nitrogen and oxygen atoms in total. The molecule has 0 spiro atoms. The van der Waals surface area contributed by atoms with Crippen LogP contribution in [-0.2, 0) is 24.8 Å². The Morgan fingerprint density at radius 2 is 2.14 bits per heavy atom. The van der Waals surface area contributed by atoms with Crippen LogP contribution in [0, 0.1) is 0 Å². The van der Waals surface area contributed by atoms with Crippen molar-refractivity contribution in [3.05, 3.63) is 40.1 Å². The lowest BCUT2D eigenvalue weighted by atomic mass is 10.2. The molecule has 21 heavy (non-hydrogen) atoms. The monoisotopic (exact) mass is 348 g/mol. The first kappa shape index (κ1) is 14.1. The molecule has 6 heteroatoms. The number of carbonyl (C=O) groups excluding carboxylic acids is 1. The first-order valence-corrected chi connectivity index (χ1v) is 7.74. The van der Waals surface area contributed by atoms with Gasteiger partial charge in [-0.15, -0.1) is 0 Å². The topological polar surface area (TPSA) is 50.2 Å². The van der Waals surface area contributed by atoms with E-state index in [9.17, 15) is 4.79 Å². The Morgan fingerprint density at radius 3 is 2.86 bits per heavy atom. The van der Waals surface area contributed by atoms with E-state index in [2.05, 4.69) is 33.3 Å². The Kier molecular flexibility index (Phi) is 3.71. The number of carbonyl (C=O) groups is 1. The van der Waals surface area contributed by atoms with Crippen LogP contribution in [0.1, 0.15) is 18.3 Å². The number of fused-ring (bicyclic) bond motifs is 1. The Balaban J connectivity index is 1.98. The molecule has 0 unspecified atom stereocenters. The number of hydrogen-bond donors (Lipinski definition) is 1. The van der Waals surface area contributed by atoms with Crippen LogP contribution >= 0.6 is 15.9 Å². The van der Waals surface area contributed by atoms with Crippen LogP contribution in [-0.4, -0.2) is 22.2 Å². The van der Waals surface area contributed by atoms with Crippen molar-refractivity contribution >= 4 is 33.2 Å². The fourth-order valence-corrected chi connectivity index (χ4v) is 3.32. The van der Waals surface area contributed by atoms with E-state index in [1.807, 2.05) is 40.9 Å². The molecule has 0 aliphatic carbocycles. The summed E-state index contributed by atoms with van der Waals surface area (Å²) in [5.74, 6) is 0.0693. The van der Waals surface area contributed by atoms with Crippen molar-refractivity contribution in [3.63, 3.8) is 0 Å². The standard InChI is InChI=1S/C15H17BrN4O/c1-3-10-15(16)13(19(2)18-10)9-20-12-7-5-4-6-11(12)17-8-14(20)21/h4-7,17H,3,8-9H2,1-2H3. The summed E-state index contributed by atoms with van der Waals surface area (Å²) in [7, 11) is 1.91. The number of aromatic nitrogens is 2. The maximum Gasteiger partial charge on any atom is 0.246 e. The summed E-state index contributed by atoms with van der Waals surface area (Å²) in [5.41, 5.74) is 3.94. The van der Waals surface area contributed by atoms with Gasteiger partial charge in [-0.05, 0) is 34.5 Å². The first-order chi connectivity index (χ1) is 10.1. The molecule has 1 amide bonds. The Hall–Kier alpha value is -1.82. The van der Waals surface area contributed by atoms with Gasteiger partial charge in [-0.25, -0.2) is 0 Å². The highest BCUT2D eigenvalue weighted by Gasteiger charge is 2.26. The van der Waals surface area contributed by atoms with Crippen LogP contribution in [0.5, 0.6) is 0 Å². The third kappa shape index (κ3) is 2.44. The number of para-hydroxylation sites is 2. The van der Waals surface area contributed by atoms with Crippen molar-refractivity contribution in [2.45, 2.75) is 19.9 Å². The van der Waals surface area contributed by atoms with Gasteiger partial charge in [0.25, 0.3) is 0 Å². The Morgan fingerprint density at radius 1 is 1.38 bits per heavy atom. The van der Waals surface area contributed by atoms with Crippen LogP contribution < -0.4 is 10.2 Å². The minimum atomic E-state index is 0.0693. The van der Waals surface area contributed by atoms with Crippen molar-refractivity contribution < 1.29 is 4.79 Å². The molecular formula is C15H17BrN4O. The largest absolute Gasteiger partial charge is 0.374 e. The zero-order chi connectivity index (χ0) is 15.0. The van der Waals surface area contributed by atoms with Crippen LogP contribution in [0.4, 0.5) is 11.4 Å². The van der Waals surface area contributed by atoms with Gasteiger partial charge in [-0.2, -0.15) is 5.10 Å². The average Bonchev–Trinajstić information content (AvgIpc) is 2.77. The zero-order valence-corrected chi connectivity index (χ0v) is 13.6. The summed E-state index contributed by atoms with van der Waals surface area (Å²) in [5, 5.41) is 7.64. The first-order valence-electron chi connectivity index (χ1n) is 6.95. The number of nitrogens with one attached hydrogen (secondary N) is 1. The Bertz CT molecular complexity index is 695. The smallest absolute Gasteiger partial charge is 0.246 e. The van der Waals surface area contributed by atoms with E-state index in [1.165, 1.54) is 0 Å². The van der Waals surface area contributed by atoms with E-state index >= 15 is 0 Å². The third-order valence-corrected chi connectivity index (χ3v) is 4.65. The molecule has 0 atom stereocenters. The normalized spacial score (nSPS) is 14.0. The minimum absolute atomic E-state index is 0.0693. The molecule has 110 valence electrons. The van der Waals surface area contributed by atoms with Gasteiger partial charge in [0.15, 0.2) is 0 Å². The number of hydrogen-bond acceptors (Lipinski definition) is 3. The summed E-state index contributed by atoms with van der Waals surface area (Å²) in [6.07, 6.45) is 0.862. The molecule has 1 aromatic heterocycles. The van der Waals surface area contributed by atoms with E-state index in [4.69, 9.17) is 0 Å². The summed E-state index contributed by atoms with van der Waals surface area (Å²) >= 11 is 3.61. The molecule has 1 aliphatic rings. The Labute approximate surface area is 132 Å². The molecule has 0 bridgehead atoms. The van der Waals surface area contributed by atoms with Gasteiger partial charge in [-0.1, -0.05) is 19.1 Å². The van der Waals surface area contributed by atoms with Gasteiger partial charge in [0, 0.05) is 7.05 Å². The molecule has 2 aromatic rings. The lowest BCUT2D eigenvalue weighted by Crippen LogP contribution is -2.39. The number of amides is 1. The molecule has 1 aromatic carbocycles. The highest BCUT2D eigenvalue weighted by molar-refractivity contribution is 9.10. The van der Waals surface area contributed by atoms with Crippen molar-refractivity contribution in [1.82, 2.24) is 9.78 Å². The number of halogens is 1. The molecule has 0 fully saturated rings. The van der Waals surface area contributed by atoms with E-state index < -0.39 is 0 Å².